The summed E-state index contributed by atoms with van der Waals surface area (Å²) < 4.78 is 0. The summed E-state index contributed by atoms with van der Waals surface area (Å²) in [5.41, 5.74) is 0.960. The van der Waals surface area contributed by atoms with Crippen molar-refractivity contribution in [2.75, 3.05) is 57.8 Å². The van der Waals surface area contributed by atoms with Gasteiger partial charge in [-0.3, -0.25) is 14.6 Å². The molecule has 1 N–H and O–H groups in total. The van der Waals surface area contributed by atoms with Crippen molar-refractivity contribution in [3.63, 3.8) is 0 Å². The Labute approximate surface area is 126 Å². The number of rotatable bonds is 4. The number of piperazine rings is 1. The molecular formula is C16H24N4O. The molecule has 1 amide bonds. The lowest BCUT2D eigenvalue weighted by molar-refractivity contribution is -0.120. The van der Waals surface area contributed by atoms with Crippen LogP contribution in [0.3, 0.4) is 0 Å². The van der Waals surface area contributed by atoms with E-state index in [9.17, 15) is 4.79 Å². The molecule has 0 aliphatic carbocycles. The summed E-state index contributed by atoms with van der Waals surface area (Å²) in [6.07, 6.45) is 0. The SMILES string of the molecule is CN(C(=O)CN1CCN(C2CNC2)CC1)c1ccccc1. The molecule has 0 saturated carbocycles. The fourth-order valence-electron chi connectivity index (χ4n) is 2.91. The topological polar surface area (TPSA) is 38.8 Å². The largest absolute Gasteiger partial charge is 0.314 e. The maximum Gasteiger partial charge on any atom is 0.240 e. The van der Waals surface area contributed by atoms with E-state index in [1.54, 1.807) is 4.90 Å². The number of amides is 1. The van der Waals surface area contributed by atoms with Crippen molar-refractivity contribution in [3.05, 3.63) is 30.3 Å². The standard InChI is InChI=1S/C16H24N4O/c1-18(14-5-3-2-4-6-14)16(21)13-19-7-9-20(10-8-19)15-11-17-12-15/h2-6,15,17H,7-13H2,1H3. The highest BCUT2D eigenvalue weighted by Gasteiger charge is 2.28. The zero-order valence-electron chi connectivity index (χ0n) is 12.7. The van der Waals surface area contributed by atoms with Crippen LogP contribution in [0.2, 0.25) is 0 Å². The number of carbonyl (C=O) groups is 1. The fraction of sp³-hybridized carbons (Fsp3) is 0.562. The number of nitrogens with one attached hydrogen (secondary N) is 1. The Bertz CT molecular complexity index is 466. The first-order chi connectivity index (χ1) is 10.2. The van der Waals surface area contributed by atoms with Crippen LogP contribution in [0.15, 0.2) is 30.3 Å². The third-order valence-electron chi connectivity index (χ3n) is 4.56. The van der Waals surface area contributed by atoms with Crippen molar-refractivity contribution >= 4 is 11.6 Å². The van der Waals surface area contributed by atoms with Crippen molar-refractivity contribution in [3.8, 4) is 0 Å². The molecule has 0 unspecified atom stereocenters. The molecule has 5 nitrogen and oxygen atoms in total. The Morgan fingerprint density at radius 2 is 1.86 bits per heavy atom. The minimum atomic E-state index is 0.167. The van der Waals surface area contributed by atoms with Crippen molar-refractivity contribution in [1.29, 1.82) is 0 Å². The van der Waals surface area contributed by atoms with Crippen LogP contribution in [0.1, 0.15) is 0 Å². The van der Waals surface area contributed by atoms with Gasteiger partial charge in [0.05, 0.1) is 6.54 Å². The Kier molecular flexibility index (Phi) is 4.53. The summed E-state index contributed by atoms with van der Waals surface area (Å²) in [4.78, 5) is 18.9. The third-order valence-corrected chi connectivity index (χ3v) is 4.56. The molecule has 2 fully saturated rings. The summed E-state index contributed by atoms with van der Waals surface area (Å²) in [5, 5.41) is 3.32. The molecule has 2 heterocycles. The van der Waals surface area contributed by atoms with Crippen LogP contribution >= 0.6 is 0 Å². The first-order valence-corrected chi connectivity index (χ1v) is 7.73. The van der Waals surface area contributed by atoms with E-state index < -0.39 is 0 Å². The average molecular weight is 288 g/mol. The van der Waals surface area contributed by atoms with Gasteiger partial charge in [0.2, 0.25) is 5.91 Å². The van der Waals surface area contributed by atoms with Gasteiger partial charge in [-0.25, -0.2) is 0 Å². The summed E-state index contributed by atoms with van der Waals surface area (Å²) in [6.45, 7) is 6.90. The number of likely N-dealkylation sites (N-methyl/N-ethyl adjacent to an activating group) is 1. The lowest BCUT2D eigenvalue weighted by atomic mass is 10.1. The Hall–Kier alpha value is -1.43. The van der Waals surface area contributed by atoms with E-state index >= 15 is 0 Å². The number of hydrogen-bond acceptors (Lipinski definition) is 4. The van der Waals surface area contributed by atoms with Crippen molar-refractivity contribution in [1.82, 2.24) is 15.1 Å². The molecule has 1 aromatic carbocycles. The molecule has 2 saturated heterocycles. The zero-order chi connectivity index (χ0) is 14.7. The second kappa shape index (κ2) is 6.56. The zero-order valence-corrected chi connectivity index (χ0v) is 12.7. The van der Waals surface area contributed by atoms with Gasteiger partial charge in [0.25, 0.3) is 0 Å². The fourth-order valence-corrected chi connectivity index (χ4v) is 2.91. The first kappa shape index (κ1) is 14.5. The maximum absolute atomic E-state index is 12.4. The summed E-state index contributed by atoms with van der Waals surface area (Å²) in [7, 11) is 1.86. The molecule has 0 aromatic heterocycles. The van der Waals surface area contributed by atoms with Crippen LogP contribution in [0.25, 0.3) is 0 Å². The van der Waals surface area contributed by atoms with Crippen molar-refractivity contribution < 1.29 is 4.79 Å². The minimum Gasteiger partial charge on any atom is -0.314 e. The van der Waals surface area contributed by atoms with Crippen LogP contribution in [0.5, 0.6) is 0 Å². The maximum atomic E-state index is 12.4. The lowest BCUT2D eigenvalue weighted by Crippen LogP contribution is -2.62. The quantitative estimate of drug-likeness (QED) is 0.861. The Balaban J connectivity index is 1.47. The second-order valence-corrected chi connectivity index (χ2v) is 5.91. The number of para-hydroxylation sites is 1. The molecule has 2 aliphatic rings. The minimum absolute atomic E-state index is 0.167. The molecule has 0 atom stereocenters. The van der Waals surface area contributed by atoms with Gasteiger partial charge < -0.3 is 10.2 Å². The van der Waals surface area contributed by atoms with E-state index in [0.29, 0.717) is 6.54 Å². The number of benzene rings is 1. The van der Waals surface area contributed by atoms with Crippen molar-refractivity contribution in [2.45, 2.75) is 6.04 Å². The van der Waals surface area contributed by atoms with Gasteiger partial charge in [-0.1, -0.05) is 18.2 Å². The number of anilines is 1. The van der Waals surface area contributed by atoms with E-state index in [-0.39, 0.29) is 5.91 Å². The van der Waals surface area contributed by atoms with Crippen LogP contribution in [-0.4, -0.2) is 74.6 Å². The smallest absolute Gasteiger partial charge is 0.240 e. The summed E-state index contributed by atoms with van der Waals surface area (Å²) in [6, 6.07) is 10.6. The van der Waals surface area contributed by atoms with Crippen molar-refractivity contribution in [2.24, 2.45) is 0 Å². The van der Waals surface area contributed by atoms with Gasteiger partial charge in [-0.15, -0.1) is 0 Å². The summed E-state index contributed by atoms with van der Waals surface area (Å²) in [5.74, 6) is 0.167. The molecule has 0 bridgehead atoms. The molecule has 114 valence electrons. The van der Waals surface area contributed by atoms with Crippen LogP contribution in [0.4, 0.5) is 5.69 Å². The van der Waals surface area contributed by atoms with Gasteiger partial charge in [0.1, 0.15) is 0 Å². The molecule has 0 radical (unpaired) electrons. The van der Waals surface area contributed by atoms with E-state index in [1.165, 1.54) is 0 Å². The Morgan fingerprint density at radius 1 is 1.19 bits per heavy atom. The average Bonchev–Trinajstić information content (AvgIpc) is 2.47. The van der Waals surface area contributed by atoms with Crippen LogP contribution in [-0.2, 0) is 4.79 Å². The number of hydrogen-bond donors (Lipinski definition) is 1. The van der Waals surface area contributed by atoms with Gasteiger partial charge in [0, 0.05) is 58.0 Å². The van der Waals surface area contributed by atoms with E-state index in [1.807, 2.05) is 37.4 Å². The Morgan fingerprint density at radius 3 is 2.43 bits per heavy atom. The highest BCUT2D eigenvalue weighted by molar-refractivity contribution is 5.94. The molecular weight excluding hydrogens is 264 g/mol. The normalized spacial score (nSPS) is 21.0. The van der Waals surface area contributed by atoms with Gasteiger partial charge >= 0.3 is 0 Å². The molecule has 5 heteroatoms. The predicted octanol–water partition coefficient (Wildman–Crippen LogP) is 0.239. The van der Waals surface area contributed by atoms with Crippen LogP contribution in [0, 0.1) is 0 Å². The molecule has 0 spiro atoms. The van der Waals surface area contributed by atoms with E-state index in [0.717, 1.165) is 51.0 Å². The second-order valence-electron chi connectivity index (χ2n) is 5.91. The molecule has 2 aliphatic heterocycles. The number of nitrogens with zero attached hydrogens (tertiary/aromatic N) is 3. The van der Waals surface area contributed by atoms with Gasteiger partial charge in [-0.2, -0.15) is 0 Å². The highest BCUT2D eigenvalue weighted by atomic mass is 16.2. The lowest BCUT2D eigenvalue weighted by Gasteiger charge is -2.43. The predicted molar refractivity (Wildman–Crippen MR) is 84.5 cm³/mol. The van der Waals surface area contributed by atoms with Gasteiger partial charge in [-0.05, 0) is 12.1 Å². The highest BCUT2D eigenvalue weighted by Crippen LogP contribution is 2.13. The van der Waals surface area contributed by atoms with Gasteiger partial charge in [0.15, 0.2) is 0 Å². The van der Waals surface area contributed by atoms with E-state index in [4.69, 9.17) is 0 Å². The van der Waals surface area contributed by atoms with E-state index in [2.05, 4.69) is 15.1 Å². The molecule has 3 rings (SSSR count). The summed E-state index contributed by atoms with van der Waals surface area (Å²) >= 11 is 0. The molecule has 1 aromatic rings. The third kappa shape index (κ3) is 3.43. The first-order valence-electron chi connectivity index (χ1n) is 7.73. The monoisotopic (exact) mass is 288 g/mol. The van der Waals surface area contributed by atoms with Crippen LogP contribution < -0.4 is 10.2 Å². The molecule has 21 heavy (non-hydrogen) atoms. The number of carbonyl (C=O) groups excluding carboxylic acids is 1.